The molecule has 56 heavy (non-hydrogen) atoms. The molecule has 2 saturated heterocycles. The first kappa shape index (κ1) is 49.8. The van der Waals surface area contributed by atoms with Crippen molar-refractivity contribution in [2.75, 3.05) is 32.9 Å². The third-order valence-electron chi connectivity index (χ3n) is 8.86. The SMILES string of the molecule is C[C@@H]1O[C@@H](OCCCCCCNC(=O)[C@H](CCC(=O)NCCCCCCO[C@@H]2O[C@H](CO)[C@H](O)[C@H](OS(=O)(=O)O)[C@H]2O)NC(=O)OC(C)(C)C)[C@@H](O)[C@H](O)[C@@H]1O. The maximum Gasteiger partial charge on any atom is 0.408 e. The second-order valence-corrected chi connectivity index (χ2v) is 15.9. The molecule has 2 fully saturated rings. The molecule has 0 radical (unpaired) electrons. The molecule has 0 aromatic heterocycles. The highest BCUT2D eigenvalue weighted by molar-refractivity contribution is 7.80. The number of ether oxygens (including phenoxy) is 5. The van der Waals surface area contributed by atoms with Crippen LogP contribution in [0.5, 0.6) is 0 Å². The Morgan fingerprint density at radius 2 is 1.30 bits per heavy atom. The van der Waals surface area contributed by atoms with Crippen molar-refractivity contribution in [1.82, 2.24) is 16.0 Å². The Hall–Kier alpha value is -2.32. The molecule has 22 heteroatoms. The number of carbonyl (C=O) groups is 3. The first-order chi connectivity index (χ1) is 26.2. The number of carbonyl (C=O) groups excluding carboxylic acids is 3. The Bertz CT molecular complexity index is 1290. The highest BCUT2D eigenvalue weighted by Crippen LogP contribution is 2.26. The molecule has 0 spiro atoms. The van der Waals surface area contributed by atoms with E-state index in [9.17, 15) is 53.4 Å². The molecule has 0 aromatic rings. The van der Waals surface area contributed by atoms with Crippen LogP contribution in [0.2, 0.25) is 0 Å². The Morgan fingerprint density at radius 3 is 1.86 bits per heavy atom. The molecule has 2 aliphatic rings. The fourth-order valence-electron chi connectivity index (χ4n) is 5.80. The average Bonchev–Trinajstić information content (AvgIpc) is 3.11. The molecule has 2 rings (SSSR count). The molecule has 0 aromatic carbocycles. The first-order valence-corrected chi connectivity index (χ1v) is 20.4. The van der Waals surface area contributed by atoms with Gasteiger partial charge in [0.15, 0.2) is 12.6 Å². The van der Waals surface area contributed by atoms with E-state index in [2.05, 4.69) is 20.1 Å². The summed E-state index contributed by atoms with van der Waals surface area (Å²) >= 11 is 0. The van der Waals surface area contributed by atoms with Crippen molar-refractivity contribution in [1.29, 1.82) is 0 Å². The molecule has 21 nitrogen and oxygen atoms in total. The Labute approximate surface area is 327 Å². The monoisotopic (exact) mass is 833 g/mol. The molecule has 0 aliphatic carbocycles. The number of unbranched alkanes of at least 4 members (excludes halogenated alkanes) is 6. The average molecular weight is 834 g/mol. The molecule has 0 saturated carbocycles. The summed E-state index contributed by atoms with van der Waals surface area (Å²) in [6.45, 7) is 6.86. The number of nitrogens with one attached hydrogen (secondary N) is 3. The lowest BCUT2D eigenvalue weighted by atomic mass is 9.99. The van der Waals surface area contributed by atoms with Crippen molar-refractivity contribution < 1.29 is 85.9 Å². The molecule has 328 valence electrons. The van der Waals surface area contributed by atoms with E-state index in [1.165, 1.54) is 0 Å². The fourth-order valence-corrected chi connectivity index (χ4v) is 6.31. The smallest absolute Gasteiger partial charge is 0.408 e. The highest BCUT2D eigenvalue weighted by Gasteiger charge is 2.47. The summed E-state index contributed by atoms with van der Waals surface area (Å²) in [6, 6.07) is -1.03. The molecule has 0 bridgehead atoms. The van der Waals surface area contributed by atoms with Gasteiger partial charge in [0.1, 0.15) is 54.4 Å². The molecule has 0 unspecified atom stereocenters. The van der Waals surface area contributed by atoms with Crippen LogP contribution in [-0.2, 0) is 47.9 Å². The Kier molecular flexibility index (Phi) is 21.9. The molecule has 3 amide bonds. The van der Waals surface area contributed by atoms with Crippen LogP contribution < -0.4 is 16.0 Å². The Balaban J connectivity index is 1.66. The zero-order valence-electron chi connectivity index (χ0n) is 32.5. The molecule has 10 N–H and O–H groups in total. The normalized spacial score (nSPS) is 29.0. The number of rotatable bonds is 24. The van der Waals surface area contributed by atoms with Gasteiger partial charge in [0.2, 0.25) is 11.8 Å². The largest absolute Gasteiger partial charge is 0.444 e. The van der Waals surface area contributed by atoms with E-state index in [0.29, 0.717) is 51.6 Å². The molecular formula is C34H63N3O18S. The second-order valence-electron chi connectivity index (χ2n) is 14.8. The third-order valence-corrected chi connectivity index (χ3v) is 9.32. The first-order valence-electron chi connectivity index (χ1n) is 19.0. The molecule has 11 atom stereocenters. The number of hydrogen-bond donors (Lipinski definition) is 10. The number of amides is 3. The van der Waals surface area contributed by atoms with Gasteiger partial charge in [-0.05, 0) is 59.8 Å². The fraction of sp³-hybridized carbons (Fsp3) is 0.912. The quantitative estimate of drug-likeness (QED) is 0.0391. The van der Waals surface area contributed by atoms with Crippen molar-refractivity contribution in [3.63, 3.8) is 0 Å². The minimum Gasteiger partial charge on any atom is -0.444 e. The van der Waals surface area contributed by atoms with Gasteiger partial charge < -0.3 is 70.3 Å². The van der Waals surface area contributed by atoms with E-state index in [4.69, 9.17) is 28.2 Å². The number of alkyl carbamates (subject to hydrolysis) is 1. The van der Waals surface area contributed by atoms with Crippen LogP contribution in [0.1, 0.15) is 91.9 Å². The zero-order chi connectivity index (χ0) is 42.1. The lowest BCUT2D eigenvalue weighted by Crippen LogP contribution is -2.60. The number of aliphatic hydroxyl groups excluding tert-OH is 6. The van der Waals surface area contributed by atoms with E-state index in [0.717, 1.165) is 12.8 Å². The van der Waals surface area contributed by atoms with Gasteiger partial charge >= 0.3 is 16.5 Å². The zero-order valence-corrected chi connectivity index (χ0v) is 33.3. The molecule has 2 aliphatic heterocycles. The third kappa shape index (κ3) is 18.5. The topological polar surface area (TPSA) is 318 Å². The Morgan fingerprint density at radius 1 is 0.750 bits per heavy atom. The van der Waals surface area contributed by atoms with Gasteiger partial charge in [-0.1, -0.05) is 25.7 Å². The summed E-state index contributed by atoms with van der Waals surface area (Å²) in [7, 11) is -5.03. The maximum absolute atomic E-state index is 13.0. The van der Waals surface area contributed by atoms with Crippen molar-refractivity contribution in [2.24, 2.45) is 0 Å². The lowest BCUT2D eigenvalue weighted by molar-refractivity contribution is -0.297. The lowest BCUT2D eigenvalue weighted by Gasteiger charge is -2.40. The van der Waals surface area contributed by atoms with Crippen LogP contribution in [0.4, 0.5) is 4.79 Å². The van der Waals surface area contributed by atoms with Crippen LogP contribution in [-0.4, -0.2) is 167 Å². The summed E-state index contributed by atoms with van der Waals surface area (Å²) in [6.07, 6.45) is -9.51. The maximum atomic E-state index is 13.0. The minimum absolute atomic E-state index is 0.0183. The van der Waals surface area contributed by atoms with Gasteiger partial charge in [0, 0.05) is 32.7 Å². The summed E-state index contributed by atoms with van der Waals surface area (Å²) in [4.78, 5) is 38.0. The van der Waals surface area contributed by atoms with E-state index in [-0.39, 0.29) is 32.0 Å². The highest BCUT2D eigenvalue weighted by atomic mass is 32.3. The minimum atomic E-state index is -5.03. The van der Waals surface area contributed by atoms with Gasteiger partial charge in [-0.3, -0.25) is 14.1 Å². The van der Waals surface area contributed by atoms with E-state index in [1.807, 2.05) is 0 Å². The van der Waals surface area contributed by atoms with Crippen molar-refractivity contribution in [2.45, 2.75) is 165 Å². The van der Waals surface area contributed by atoms with E-state index in [1.54, 1.807) is 27.7 Å². The predicted molar refractivity (Wildman–Crippen MR) is 194 cm³/mol. The number of aliphatic hydroxyl groups is 6. The van der Waals surface area contributed by atoms with E-state index < -0.39 is 102 Å². The molecule has 2 heterocycles. The van der Waals surface area contributed by atoms with Gasteiger partial charge in [-0.25, -0.2) is 8.98 Å². The van der Waals surface area contributed by atoms with Gasteiger partial charge in [-0.15, -0.1) is 0 Å². The van der Waals surface area contributed by atoms with Crippen LogP contribution in [0.25, 0.3) is 0 Å². The predicted octanol–water partition coefficient (Wildman–Crippen LogP) is -1.50. The van der Waals surface area contributed by atoms with Crippen molar-refractivity contribution in [3.8, 4) is 0 Å². The summed E-state index contributed by atoms with van der Waals surface area (Å²) in [5, 5.41) is 67.6. The second kappa shape index (κ2) is 24.6. The van der Waals surface area contributed by atoms with Crippen molar-refractivity contribution >= 4 is 28.3 Å². The summed E-state index contributed by atoms with van der Waals surface area (Å²) < 4.78 is 62.5. The summed E-state index contributed by atoms with van der Waals surface area (Å²) in [5.74, 6) is -0.792. The van der Waals surface area contributed by atoms with Crippen LogP contribution in [0.15, 0.2) is 0 Å². The van der Waals surface area contributed by atoms with Gasteiger partial charge in [0.05, 0.1) is 12.7 Å². The van der Waals surface area contributed by atoms with Crippen LogP contribution in [0.3, 0.4) is 0 Å². The van der Waals surface area contributed by atoms with Gasteiger partial charge in [0.25, 0.3) is 0 Å². The number of hydrogen-bond acceptors (Lipinski definition) is 17. The van der Waals surface area contributed by atoms with Crippen LogP contribution in [0, 0.1) is 0 Å². The summed E-state index contributed by atoms with van der Waals surface area (Å²) in [5.41, 5.74) is -0.806. The standard InChI is InChI=1S/C34H63N3O18S/c1-20-24(40)26(42)27(43)31(52-20)50-17-11-8-6-10-16-36-30(45)21(37-33(46)54-34(2,3)4)13-14-23(39)35-15-9-5-7-12-18-51-32-28(44)29(55-56(47,48)49)25(41)22(19-38)53-32/h20-22,24-29,31-32,38,40-44H,5-19H2,1-4H3,(H,35,39)(H,36,45)(H,37,46)(H,47,48,49)/t20-,21-,22+,24+,25-,26+,27-,28+,29-,31+,32+/m0/s1. The van der Waals surface area contributed by atoms with E-state index >= 15 is 0 Å². The van der Waals surface area contributed by atoms with Gasteiger partial charge in [-0.2, -0.15) is 8.42 Å². The molecular weight excluding hydrogens is 770 g/mol. The van der Waals surface area contributed by atoms with Crippen molar-refractivity contribution in [3.05, 3.63) is 0 Å². The van der Waals surface area contributed by atoms with Crippen LogP contribution >= 0.6 is 0 Å².